The molecule has 0 aromatic rings. The third-order valence-corrected chi connectivity index (χ3v) is 2.47. The van der Waals surface area contributed by atoms with Crippen molar-refractivity contribution in [1.29, 1.82) is 0 Å². The number of hydrogen-bond acceptors (Lipinski definition) is 2. The third kappa shape index (κ3) is 2.27. The van der Waals surface area contributed by atoms with Crippen LogP contribution in [0.4, 0.5) is 0 Å². The maximum absolute atomic E-state index is 8.70. The molecule has 1 aliphatic carbocycles. The highest BCUT2D eigenvalue weighted by molar-refractivity contribution is 5.86. The van der Waals surface area contributed by atoms with E-state index in [4.69, 9.17) is 11.6 Å². The Labute approximate surface area is 73.7 Å². The second-order valence-electron chi connectivity index (χ2n) is 3.28. The maximum Gasteiger partial charge on any atom is 0.0602 e. The van der Waals surface area contributed by atoms with E-state index in [0.29, 0.717) is 5.92 Å². The van der Waals surface area contributed by atoms with Crippen molar-refractivity contribution in [2.75, 3.05) is 0 Å². The third-order valence-electron chi connectivity index (χ3n) is 2.47. The minimum absolute atomic E-state index is 0.444. The molecule has 0 saturated heterocycles. The Morgan fingerprint density at radius 3 is 3.08 bits per heavy atom. The van der Waals surface area contributed by atoms with Crippen LogP contribution in [0.3, 0.4) is 0 Å². The van der Waals surface area contributed by atoms with Gasteiger partial charge in [-0.3, -0.25) is 0 Å². The van der Waals surface area contributed by atoms with E-state index in [1.165, 1.54) is 6.42 Å². The molecule has 1 rings (SSSR count). The lowest BCUT2D eigenvalue weighted by Gasteiger charge is -2.21. The smallest absolute Gasteiger partial charge is 0.0602 e. The van der Waals surface area contributed by atoms with Gasteiger partial charge in [0, 0.05) is 12.3 Å². The minimum Gasteiger partial charge on any atom is -0.411 e. The van der Waals surface area contributed by atoms with Crippen LogP contribution in [0.5, 0.6) is 0 Å². The van der Waals surface area contributed by atoms with Crippen molar-refractivity contribution in [2.45, 2.75) is 38.5 Å². The summed E-state index contributed by atoms with van der Waals surface area (Å²) in [7, 11) is 0. The van der Waals surface area contributed by atoms with Crippen molar-refractivity contribution >= 4 is 5.71 Å². The van der Waals surface area contributed by atoms with E-state index in [0.717, 1.165) is 37.8 Å². The molecule has 12 heavy (non-hydrogen) atoms. The minimum atomic E-state index is 0.444. The number of terminal acetylenes is 1. The van der Waals surface area contributed by atoms with Crippen LogP contribution in [0.2, 0.25) is 0 Å². The fraction of sp³-hybridized carbons (Fsp3) is 0.700. The van der Waals surface area contributed by atoms with Crippen LogP contribution in [-0.4, -0.2) is 10.9 Å². The first kappa shape index (κ1) is 9.12. The summed E-state index contributed by atoms with van der Waals surface area (Å²) in [5, 5.41) is 12.0. The SMILES string of the molecule is C#CCCC1CCCCC1=NO. The molecule has 0 aromatic heterocycles. The van der Waals surface area contributed by atoms with Crippen molar-refractivity contribution in [3.63, 3.8) is 0 Å². The molecule has 0 aliphatic heterocycles. The van der Waals surface area contributed by atoms with E-state index >= 15 is 0 Å². The molecule has 2 heteroatoms. The standard InChI is InChI=1S/C10H15NO/c1-2-3-6-9-7-4-5-8-10(9)11-12/h1,9,12H,3-8H2. The topological polar surface area (TPSA) is 32.6 Å². The first-order chi connectivity index (χ1) is 5.88. The normalized spacial score (nSPS) is 26.9. The fourth-order valence-electron chi connectivity index (χ4n) is 1.77. The monoisotopic (exact) mass is 165 g/mol. The molecule has 1 fully saturated rings. The van der Waals surface area contributed by atoms with Crippen LogP contribution >= 0.6 is 0 Å². The van der Waals surface area contributed by atoms with Gasteiger partial charge in [0.15, 0.2) is 0 Å². The molecule has 0 spiro atoms. The summed E-state index contributed by atoms with van der Waals surface area (Å²) in [5.74, 6) is 3.07. The molecule has 1 atom stereocenters. The maximum atomic E-state index is 8.70. The largest absolute Gasteiger partial charge is 0.411 e. The molecule has 0 bridgehead atoms. The number of rotatable bonds is 2. The zero-order valence-electron chi connectivity index (χ0n) is 7.29. The van der Waals surface area contributed by atoms with Gasteiger partial charge in [-0.15, -0.1) is 12.3 Å². The Balaban J connectivity index is 2.43. The Bertz CT molecular complexity index is 202. The van der Waals surface area contributed by atoms with E-state index in [9.17, 15) is 0 Å². The molecule has 1 saturated carbocycles. The van der Waals surface area contributed by atoms with Crippen molar-refractivity contribution < 1.29 is 5.21 Å². The van der Waals surface area contributed by atoms with Gasteiger partial charge in [0.05, 0.1) is 5.71 Å². The molecule has 2 nitrogen and oxygen atoms in total. The first-order valence-corrected chi connectivity index (χ1v) is 4.52. The van der Waals surface area contributed by atoms with Gasteiger partial charge >= 0.3 is 0 Å². The summed E-state index contributed by atoms with van der Waals surface area (Å²) in [5.41, 5.74) is 0.955. The van der Waals surface area contributed by atoms with E-state index in [1.54, 1.807) is 0 Å². The Morgan fingerprint density at radius 2 is 2.42 bits per heavy atom. The predicted molar refractivity (Wildman–Crippen MR) is 49.2 cm³/mol. The summed E-state index contributed by atoms with van der Waals surface area (Å²) in [6, 6.07) is 0. The fourth-order valence-corrected chi connectivity index (χ4v) is 1.77. The summed E-state index contributed by atoms with van der Waals surface area (Å²) in [6.07, 6.45) is 11.5. The predicted octanol–water partition coefficient (Wildman–Crippen LogP) is 2.42. The van der Waals surface area contributed by atoms with Crippen molar-refractivity contribution in [1.82, 2.24) is 0 Å². The van der Waals surface area contributed by atoms with Crippen molar-refractivity contribution in [3.8, 4) is 12.3 Å². The second-order valence-corrected chi connectivity index (χ2v) is 3.28. The summed E-state index contributed by atoms with van der Waals surface area (Å²) in [4.78, 5) is 0. The van der Waals surface area contributed by atoms with Gasteiger partial charge in [-0.1, -0.05) is 11.6 Å². The molecule has 0 aromatic carbocycles. The van der Waals surface area contributed by atoms with Crippen molar-refractivity contribution in [3.05, 3.63) is 0 Å². The molecule has 66 valence electrons. The van der Waals surface area contributed by atoms with E-state index in [2.05, 4.69) is 11.1 Å². The van der Waals surface area contributed by atoms with Gasteiger partial charge in [-0.05, 0) is 25.7 Å². The van der Waals surface area contributed by atoms with E-state index in [1.807, 2.05) is 0 Å². The summed E-state index contributed by atoms with van der Waals surface area (Å²) < 4.78 is 0. The molecule has 1 aliphatic rings. The van der Waals surface area contributed by atoms with Gasteiger partial charge in [0.1, 0.15) is 0 Å². The molecular formula is C10H15NO. The second kappa shape index (κ2) is 4.82. The number of nitrogens with zero attached hydrogens (tertiary/aromatic N) is 1. The lowest BCUT2D eigenvalue weighted by atomic mass is 9.84. The molecule has 0 heterocycles. The van der Waals surface area contributed by atoms with Gasteiger partial charge in [0.2, 0.25) is 0 Å². The van der Waals surface area contributed by atoms with Crippen LogP contribution in [0.25, 0.3) is 0 Å². The first-order valence-electron chi connectivity index (χ1n) is 4.52. The van der Waals surface area contributed by atoms with Gasteiger partial charge in [-0.2, -0.15) is 0 Å². The number of oxime groups is 1. The lowest BCUT2D eigenvalue weighted by molar-refractivity contribution is 0.307. The molecule has 0 amide bonds. The zero-order chi connectivity index (χ0) is 8.81. The van der Waals surface area contributed by atoms with Gasteiger partial charge in [-0.25, -0.2) is 0 Å². The summed E-state index contributed by atoms with van der Waals surface area (Å²) >= 11 is 0. The van der Waals surface area contributed by atoms with Crippen molar-refractivity contribution in [2.24, 2.45) is 11.1 Å². The average molecular weight is 165 g/mol. The van der Waals surface area contributed by atoms with Crippen LogP contribution in [0.1, 0.15) is 38.5 Å². The van der Waals surface area contributed by atoms with Crippen LogP contribution < -0.4 is 0 Å². The molecule has 1 unspecified atom stereocenters. The highest BCUT2D eigenvalue weighted by atomic mass is 16.4. The van der Waals surface area contributed by atoms with Gasteiger partial charge < -0.3 is 5.21 Å². The Hall–Kier alpha value is -0.970. The van der Waals surface area contributed by atoms with Crippen LogP contribution in [0, 0.1) is 18.3 Å². The highest BCUT2D eigenvalue weighted by Gasteiger charge is 2.19. The van der Waals surface area contributed by atoms with Gasteiger partial charge in [0.25, 0.3) is 0 Å². The molecular weight excluding hydrogens is 150 g/mol. The molecule has 0 radical (unpaired) electrons. The van der Waals surface area contributed by atoms with Crippen LogP contribution in [0.15, 0.2) is 5.16 Å². The Morgan fingerprint density at radius 1 is 1.58 bits per heavy atom. The highest BCUT2D eigenvalue weighted by Crippen LogP contribution is 2.25. The quantitative estimate of drug-likeness (QED) is 0.380. The summed E-state index contributed by atoms with van der Waals surface area (Å²) in [6.45, 7) is 0. The lowest BCUT2D eigenvalue weighted by Crippen LogP contribution is -2.19. The number of hydrogen-bond donors (Lipinski definition) is 1. The van der Waals surface area contributed by atoms with Crippen LogP contribution in [-0.2, 0) is 0 Å². The average Bonchev–Trinajstić information content (AvgIpc) is 2.15. The van der Waals surface area contributed by atoms with E-state index < -0.39 is 0 Å². The molecule has 1 N–H and O–H groups in total. The zero-order valence-corrected chi connectivity index (χ0v) is 7.29. The Kier molecular flexibility index (Phi) is 3.66. The van der Waals surface area contributed by atoms with E-state index in [-0.39, 0.29) is 0 Å².